The molecule has 1 atom stereocenters. The minimum atomic E-state index is -0.545. The van der Waals surface area contributed by atoms with E-state index in [1.165, 1.54) is 13.4 Å². The van der Waals surface area contributed by atoms with E-state index in [1.54, 1.807) is 4.90 Å². The van der Waals surface area contributed by atoms with Crippen molar-refractivity contribution in [1.29, 1.82) is 0 Å². The van der Waals surface area contributed by atoms with Crippen LogP contribution in [0.15, 0.2) is 10.7 Å². The molecule has 0 N–H and O–H groups in total. The molecule has 6 heteroatoms. The molecule has 23 heavy (non-hydrogen) atoms. The van der Waals surface area contributed by atoms with Gasteiger partial charge in [-0.3, -0.25) is 4.79 Å². The average Bonchev–Trinajstić information content (AvgIpc) is 3.00. The van der Waals surface area contributed by atoms with Gasteiger partial charge in [0.1, 0.15) is 6.26 Å². The van der Waals surface area contributed by atoms with Gasteiger partial charge in [0, 0.05) is 12.0 Å². The first-order chi connectivity index (χ1) is 10.9. The zero-order chi connectivity index (χ0) is 17.4. The Morgan fingerprint density at radius 1 is 1.35 bits per heavy atom. The van der Waals surface area contributed by atoms with Crippen LogP contribution in [0.1, 0.15) is 69.8 Å². The second-order valence-electron chi connectivity index (χ2n) is 5.93. The first-order valence-corrected chi connectivity index (χ1v) is 8.27. The summed E-state index contributed by atoms with van der Waals surface area (Å²) in [6.07, 6.45) is 5.10. The molecule has 130 valence electrons. The summed E-state index contributed by atoms with van der Waals surface area (Å²) in [6, 6.07) is 0.0339. The highest BCUT2D eigenvalue weighted by Gasteiger charge is 2.26. The predicted octanol–water partition coefficient (Wildman–Crippen LogP) is 3.41. The van der Waals surface area contributed by atoms with E-state index in [1.807, 2.05) is 20.8 Å². The minimum Gasteiger partial charge on any atom is -0.464 e. The van der Waals surface area contributed by atoms with Gasteiger partial charge in [-0.15, -0.1) is 0 Å². The maximum Gasteiger partial charge on any atom is 0.360 e. The van der Waals surface area contributed by atoms with E-state index in [9.17, 15) is 9.59 Å². The Hall–Kier alpha value is -1.85. The van der Waals surface area contributed by atoms with Gasteiger partial charge < -0.3 is 14.1 Å². The number of oxazole rings is 1. The molecule has 0 unspecified atom stereocenters. The number of aromatic nitrogens is 1. The molecule has 0 saturated carbocycles. The number of unbranched alkanes of at least 4 members (excludes halogenated alkanes) is 1. The fourth-order valence-electron chi connectivity index (χ4n) is 2.43. The molecule has 0 aliphatic heterocycles. The van der Waals surface area contributed by atoms with Crippen molar-refractivity contribution in [3.63, 3.8) is 0 Å². The van der Waals surface area contributed by atoms with Crippen molar-refractivity contribution in [3.8, 4) is 0 Å². The van der Waals surface area contributed by atoms with E-state index in [0.717, 1.165) is 25.7 Å². The van der Waals surface area contributed by atoms with Gasteiger partial charge in [0.05, 0.1) is 13.7 Å². The molecule has 1 aromatic heterocycles. The summed E-state index contributed by atoms with van der Waals surface area (Å²) in [7, 11) is 1.29. The molecule has 0 saturated heterocycles. The maximum atomic E-state index is 12.8. The molecule has 0 aliphatic carbocycles. The molecule has 0 fully saturated rings. The molecule has 1 heterocycles. The summed E-state index contributed by atoms with van der Waals surface area (Å²) < 4.78 is 9.91. The summed E-state index contributed by atoms with van der Waals surface area (Å²) in [5.74, 6) is -0.0595. The smallest absolute Gasteiger partial charge is 0.360 e. The summed E-state index contributed by atoms with van der Waals surface area (Å²) in [4.78, 5) is 30.1. The van der Waals surface area contributed by atoms with Gasteiger partial charge in [-0.1, -0.05) is 26.7 Å². The molecule has 1 rings (SSSR count). The largest absolute Gasteiger partial charge is 0.464 e. The molecule has 0 spiro atoms. The number of nitrogens with zero attached hydrogens (tertiary/aromatic N) is 2. The fourth-order valence-corrected chi connectivity index (χ4v) is 2.43. The van der Waals surface area contributed by atoms with Gasteiger partial charge in [0.15, 0.2) is 5.69 Å². The Balaban J connectivity index is 2.83. The van der Waals surface area contributed by atoms with Gasteiger partial charge in [-0.05, 0) is 26.7 Å². The topological polar surface area (TPSA) is 72.6 Å². The number of rotatable bonds is 9. The molecule has 6 nitrogen and oxygen atoms in total. The Morgan fingerprint density at radius 2 is 2.04 bits per heavy atom. The van der Waals surface area contributed by atoms with Crippen LogP contribution in [0.25, 0.3) is 0 Å². The van der Waals surface area contributed by atoms with Crippen LogP contribution in [-0.4, -0.2) is 34.9 Å². The highest BCUT2D eigenvalue weighted by atomic mass is 16.5. The quantitative estimate of drug-likeness (QED) is 0.651. The first kappa shape index (κ1) is 19.2. The lowest BCUT2D eigenvalue weighted by molar-refractivity contribution is -0.138. The SMILES string of the molecule is CCCC[C@H](CC)C(=O)N(Cc1nc(C(=O)OC)co1)C(C)C. The highest BCUT2D eigenvalue weighted by molar-refractivity contribution is 5.86. The summed E-state index contributed by atoms with van der Waals surface area (Å²) in [5.41, 5.74) is 0.122. The lowest BCUT2D eigenvalue weighted by Crippen LogP contribution is -2.40. The van der Waals surface area contributed by atoms with Crippen LogP contribution in [0, 0.1) is 5.92 Å². The van der Waals surface area contributed by atoms with Crippen molar-refractivity contribution in [2.75, 3.05) is 7.11 Å². The third-order valence-corrected chi connectivity index (χ3v) is 3.91. The van der Waals surface area contributed by atoms with Crippen LogP contribution in [0.5, 0.6) is 0 Å². The van der Waals surface area contributed by atoms with E-state index in [0.29, 0.717) is 5.89 Å². The van der Waals surface area contributed by atoms with Gasteiger partial charge in [0.25, 0.3) is 0 Å². The van der Waals surface area contributed by atoms with Crippen molar-refractivity contribution in [2.45, 2.75) is 66.0 Å². The van der Waals surface area contributed by atoms with Gasteiger partial charge >= 0.3 is 5.97 Å². The predicted molar refractivity (Wildman–Crippen MR) is 86.8 cm³/mol. The number of methoxy groups -OCH3 is 1. The highest BCUT2D eigenvalue weighted by Crippen LogP contribution is 2.19. The number of carbonyl (C=O) groups excluding carboxylic acids is 2. The summed E-state index contributed by atoms with van der Waals surface area (Å²) in [5, 5.41) is 0. The van der Waals surface area contributed by atoms with Crippen LogP contribution in [0.3, 0.4) is 0 Å². The summed E-state index contributed by atoms with van der Waals surface area (Å²) >= 11 is 0. The number of esters is 1. The molecule has 0 aromatic carbocycles. The number of hydrogen-bond donors (Lipinski definition) is 0. The van der Waals surface area contributed by atoms with Crippen molar-refractivity contribution in [3.05, 3.63) is 17.8 Å². The number of amides is 1. The van der Waals surface area contributed by atoms with E-state index in [-0.39, 0.29) is 30.1 Å². The van der Waals surface area contributed by atoms with Gasteiger partial charge in [-0.25, -0.2) is 9.78 Å². The van der Waals surface area contributed by atoms with Crippen molar-refractivity contribution >= 4 is 11.9 Å². The first-order valence-electron chi connectivity index (χ1n) is 8.27. The third-order valence-electron chi connectivity index (χ3n) is 3.91. The van der Waals surface area contributed by atoms with Crippen LogP contribution < -0.4 is 0 Å². The van der Waals surface area contributed by atoms with E-state index >= 15 is 0 Å². The van der Waals surface area contributed by atoms with Gasteiger partial charge in [-0.2, -0.15) is 0 Å². The fraction of sp³-hybridized carbons (Fsp3) is 0.706. The van der Waals surface area contributed by atoms with E-state index < -0.39 is 5.97 Å². The Morgan fingerprint density at radius 3 is 2.57 bits per heavy atom. The lowest BCUT2D eigenvalue weighted by atomic mass is 9.97. The number of ether oxygens (including phenoxy) is 1. The molecule has 0 bridgehead atoms. The zero-order valence-electron chi connectivity index (χ0n) is 14.8. The van der Waals surface area contributed by atoms with E-state index in [2.05, 4.69) is 16.6 Å². The normalized spacial score (nSPS) is 12.3. The summed E-state index contributed by atoms with van der Waals surface area (Å²) in [6.45, 7) is 8.36. The second-order valence-corrected chi connectivity index (χ2v) is 5.93. The standard InChI is InChI=1S/C17H28N2O4/c1-6-8-9-13(7-2)16(20)19(12(3)4)10-15-18-14(11-23-15)17(21)22-5/h11-13H,6-10H2,1-5H3/t13-/m0/s1. The van der Waals surface area contributed by atoms with E-state index in [4.69, 9.17) is 4.42 Å². The average molecular weight is 324 g/mol. The van der Waals surface area contributed by atoms with Crippen LogP contribution >= 0.6 is 0 Å². The third kappa shape index (κ3) is 5.37. The Bertz CT molecular complexity index is 510. The molecular weight excluding hydrogens is 296 g/mol. The second kappa shape index (κ2) is 9.33. The van der Waals surface area contributed by atoms with Crippen molar-refractivity contribution in [2.24, 2.45) is 5.92 Å². The molecule has 0 aliphatic rings. The van der Waals surface area contributed by atoms with Crippen LogP contribution in [0.4, 0.5) is 0 Å². The number of carbonyl (C=O) groups is 2. The molecule has 0 radical (unpaired) electrons. The molecule has 1 aromatic rings. The minimum absolute atomic E-state index is 0.0207. The van der Waals surface area contributed by atoms with Crippen LogP contribution in [-0.2, 0) is 16.1 Å². The molecule has 1 amide bonds. The zero-order valence-corrected chi connectivity index (χ0v) is 14.8. The Labute approximate surface area is 138 Å². The number of hydrogen-bond acceptors (Lipinski definition) is 5. The van der Waals surface area contributed by atoms with Gasteiger partial charge in [0.2, 0.25) is 11.8 Å². The Kier molecular flexibility index (Phi) is 7.78. The lowest BCUT2D eigenvalue weighted by Gasteiger charge is -2.29. The molecular formula is C17H28N2O4. The maximum absolute atomic E-state index is 12.8. The monoisotopic (exact) mass is 324 g/mol. The van der Waals surface area contributed by atoms with Crippen molar-refractivity contribution in [1.82, 2.24) is 9.88 Å². The van der Waals surface area contributed by atoms with Crippen molar-refractivity contribution < 1.29 is 18.7 Å². The van der Waals surface area contributed by atoms with Crippen LogP contribution in [0.2, 0.25) is 0 Å².